The minimum atomic E-state index is -0.148. The summed E-state index contributed by atoms with van der Waals surface area (Å²) in [6, 6.07) is 7.57. The second-order valence-corrected chi connectivity index (χ2v) is 5.61. The average Bonchev–Trinajstić information content (AvgIpc) is 2.61. The molecule has 0 spiro atoms. The zero-order chi connectivity index (χ0) is 14.4. The summed E-state index contributed by atoms with van der Waals surface area (Å²) in [4.78, 5) is 25.6. The highest BCUT2D eigenvalue weighted by Gasteiger charge is 2.22. The molecule has 20 heavy (non-hydrogen) atoms. The van der Waals surface area contributed by atoms with Gasteiger partial charge in [0.05, 0.1) is 12.4 Å². The molecule has 1 heterocycles. The number of ether oxygens (including phenoxy) is 1. The third-order valence-corrected chi connectivity index (χ3v) is 3.90. The number of nitrogens with one attached hydrogen (secondary N) is 1. The van der Waals surface area contributed by atoms with Crippen LogP contribution in [0.3, 0.4) is 0 Å². The molecule has 1 N–H and O–H groups in total. The number of para-hydroxylation sites is 1. The van der Waals surface area contributed by atoms with Crippen molar-refractivity contribution in [2.75, 3.05) is 37.1 Å². The summed E-state index contributed by atoms with van der Waals surface area (Å²) in [7, 11) is 1.64. The average molecular weight is 294 g/mol. The van der Waals surface area contributed by atoms with Crippen LogP contribution in [0, 0.1) is 0 Å². The van der Waals surface area contributed by atoms with Gasteiger partial charge in [-0.2, -0.15) is 0 Å². The maximum absolute atomic E-state index is 12.2. The minimum Gasteiger partial charge on any atom is -0.384 e. The molecule has 0 fully saturated rings. The Balaban J connectivity index is 1.98. The summed E-state index contributed by atoms with van der Waals surface area (Å²) in [6.45, 7) is 1.21. The molecule has 2 rings (SSSR count). The van der Waals surface area contributed by atoms with E-state index in [1.807, 2.05) is 24.3 Å². The van der Waals surface area contributed by atoms with E-state index in [-0.39, 0.29) is 18.4 Å². The molecule has 1 aromatic rings. The number of fused-ring (bicyclic) bond motifs is 1. The van der Waals surface area contributed by atoms with E-state index in [1.54, 1.807) is 12.0 Å². The van der Waals surface area contributed by atoms with E-state index in [2.05, 4.69) is 5.32 Å². The van der Waals surface area contributed by atoms with E-state index in [4.69, 9.17) is 4.74 Å². The summed E-state index contributed by atoms with van der Waals surface area (Å²) >= 11 is 1.52. The number of carbonyl (C=O) groups is 2. The number of benzene rings is 1. The Bertz CT molecular complexity index is 493. The number of amides is 2. The van der Waals surface area contributed by atoms with Gasteiger partial charge in [-0.05, 0) is 11.6 Å². The third-order valence-electron chi connectivity index (χ3n) is 3.00. The van der Waals surface area contributed by atoms with E-state index >= 15 is 0 Å². The van der Waals surface area contributed by atoms with Crippen molar-refractivity contribution in [1.82, 2.24) is 4.90 Å². The van der Waals surface area contributed by atoms with Crippen molar-refractivity contribution < 1.29 is 14.3 Å². The Labute approximate surface area is 122 Å². The van der Waals surface area contributed by atoms with Crippen LogP contribution >= 0.6 is 11.8 Å². The minimum absolute atomic E-state index is 0.0158. The highest BCUT2D eigenvalue weighted by atomic mass is 32.2. The summed E-state index contributed by atoms with van der Waals surface area (Å²) in [6.07, 6.45) is 0. The van der Waals surface area contributed by atoms with Gasteiger partial charge >= 0.3 is 0 Å². The summed E-state index contributed by atoms with van der Waals surface area (Å²) in [5, 5.41) is 2.82. The topological polar surface area (TPSA) is 58.6 Å². The lowest BCUT2D eigenvalue weighted by Gasteiger charge is -2.19. The van der Waals surface area contributed by atoms with Gasteiger partial charge in [0.1, 0.15) is 6.54 Å². The number of rotatable bonds is 5. The van der Waals surface area contributed by atoms with Crippen LogP contribution in [0.5, 0.6) is 0 Å². The number of methoxy groups -OCH3 is 1. The number of carbonyl (C=O) groups excluding carboxylic acids is 2. The second-order valence-electron chi connectivity index (χ2n) is 4.50. The molecule has 1 aliphatic rings. The van der Waals surface area contributed by atoms with Crippen molar-refractivity contribution in [2.45, 2.75) is 6.54 Å². The molecule has 0 radical (unpaired) electrons. The predicted octanol–water partition coefficient (Wildman–Crippen LogP) is 1.35. The predicted molar refractivity (Wildman–Crippen MR) is 79.7 cm³/mol. The van der Waals surface area contributed by atoms with E-state index < -0.39 is 0 Å². The van der Waals surface area contributed by atoms with Crippen LogP contribution in [0.1, 0.15) is 5.56 Å². The Morgan fingerprint density at radius 3 is 3.00 bits per heavy atom. The molecule has 2 amide bonds. The first-order valence-corrected chi connectivity index (χ1v) is 7.58. The quantitative estimate of drug-likeness (QED) is 0.833. The molecular formula is C14H18N2O3S. The fraction of sp³-hybridized carbons (Fsp3) is 0.429. The molecule has 108 valence electrons. The number of nitrogens with zero attached hydrogens (tertiary/aromatic N) is 1. The van der Waals surface area contributed by atoms with Gasteiger partial charge in [0.25, 0.3) is 0 Å². The van der Waals surface area contributed by atoms with Crippen LogP contribution < -0.4 is 5.32 Å². The Kier molecular flexibility index (Phi) is 5.43. The van der Waals surface area contributed by atoms with E-state index in [0.29, 0.717) is 18.9 Å². The first-order chi connectivity index (χ1) is 9.70. The maximum Gasteiger partial charge on any atom is 0.244 e. The van der Waals surface area contributed by atoms with Crippen LogP contribution in [0.15, 0.2) is 24.3 Å². The van der Waals surface area contributed by atoms with Gasteiger partial charge in [0.2, 0.25) is 11.8 Å². The van der Waals surface area contributed by atoms with Crippen LogP contribution in [-0.2, 0) is 20.9 Å². The van der Waals surface area contributed by atoms with Gasteiger partial charge in [0.15, 0.2) is 0 Å². The van der Waals surface area contributed by atoms with Crippen molar-refractivity contribution in [1.29, 1.82) is 0 Å². The van der Waals surface area contributed by atoms with Gasteiger partial charge in [-0.25, -0.2) is 0 Å². The molecular weight excluding hydrogens is 276 g/mol. The molecule has 0 aromatic heterocycles. The molecule has 0 saturated heterocycles. The first kappa shape index (κ1) is 14.9. The van der Waals surface area contributed by atoms with Crippen molar-refractivity contribution in [3.8, 4) is 0 Å². The molecule has 6 heteroatoms. The molecule has 5 nitrogen and oxygen atoms in total. The lowest BCUT2D eigenvalue weighted by atomic mass is 10.2. The van der Waals surface area contributed by atoms with E-state index in [1.165, 1.54) is 11.8 Å². The Hall–Kier alpha value is -1.53. The molecule has 0 aliphatic carbocycles. The Morgan fingerprint density at radius 1 is 1.40 bits per heavy atom. The third kappa shape index (κ3) is 3.98. The van der Waals surface area contributed by atoms with E-state index in [0.717, 1.165) is 17.0 Å². The van der Waals surface area contributed by atoms with Crippen molar-refractivity contribution in [3.05, 3.63) is 29.8 Å². The van der Waals surface area contributed by atoms with Gasteiger partial charge in [-0.3, -0.25) is 9.59 Å². The molecule has 1 aliphatic heterocycles. The van der Waals surface area contributed by atoms with Gasteiger partial charge in [-0.15, -0.1) is 11.8 Å². The fourth-order valence-electron chi connectivity index (χ4n) is 1.97. The zero-order valence-electron chi connectivity index (χ0n) is 11.4. The van der Waals surface area contributed by atoms with Crippen LogP contribution in [0.4, 0.5) is 5.69 Å². The van der Waals surface area contributed by atoms with Crippen LogP contribution in [0.25, 0.3) is 0 Å². The van der Waals surface area contributed by atoms with Gasteiger partial charge in [0, 0.05) is 25.1 Å². The molecule has 1 aromatic carbocycles. The number of anilines is 1. The number of hydrogen-bond donors (Lipinski definition) is 1. The van der Waals surface area contributed by atoms with Gasteiger partial charge in [-0.1, -0.05) is 18.2 Å². The zero-order valence-corrected chi connectivity index (χ0v) is 12.2. The summed E-state index contributed by atoms with van der Waals surface area (Å²) in [5.74, 6) is 0.987. The summed E-state index contributed by atoms with van der Waals surface area (Å²) in [5.41, 5.74) is 1.76. The smallest absolute Gasteiger partial charge is 0.244 e. The lowest BCUT2D eigenvalue weighted by molar-refractivity contribution is -0.132. The standard InChI is InChI=1S/C14H18N2O3S/c1-19-6-7-20-10-14(18)16-8-11-4-2-3-5-12(11)15-13(17)9-16/h2-5H,6-10H2,1H3,(H,15,17). The second kappa shape index (κ2) is 7.31. The SMILES string of the molecule is COCCSCC(=O)N1CC(=O)Nc2ccccc2C1. The Morgan fingerprint density at radius 2 is 2.20 bits per heavy atom. The largest absolute Gasteiger partial charge is 0.384 e. The fourth-order valence-corrected chi connectivity index (χ4v) is 2.76. The highest BCUT2D eigenvalue weighted by Crippen LogP contribution is 2.20. The summed E-state index contributed by atoms with van der Waals surface area (Å²) < 4.78 is 4.94. The highest BCUT2D eigenvalue weighted by molar-refractivity contribution is 7.99. The van der Waals surface area contributed by atoms with Crippen LogP contribution in [0.2, 0.25) is 0 Å². The van der Waals surface area contributed by atoms with Crippen LogP contribution in [-0.4, -0.2) is 48.5 Å². The first-order valence-electron chi connectivity index (χ1n) is 6.43. The molecule has 0 bridgehead atoms. The number of thioether (sulfide) groups is 1. The van der Waals surface area contributed by atoms with E-state index in [9.17, 15) is 9.59 Å². The monoisotopic (exact) mass is 294 g/mol. The molecule has 0 saturated carbocycles. The lowest BCUT2D eigenvalue weighted by Crippen LogP contribution is -2.36. The maximum atomic E-state index is 12.2. The normalized spacial score (nSPS) is 14.4. The van der Waals surface area contributed by atoms with Gasteiger partial charge < -0.3 is 15.0 Å². The number of hydrogen-bond acceptors (Lipinski definition) is 4. The van der Waals surface area contributed by atoms with Crippen molar-refractivity contribution in [2.24, 2.45) is 0 Å². The van der Waals surface area contributed by atoms with Crippen molar-refractivity contribution >= 4 is 29.3 Å². The molecule has 0 atom stereocenters. The molecule has 0 unspecified atom stereocenters. The van der Waals surface area contributed by atoms with Crippen molar-refractivity contribution in [3.63, 3.8) is 0 Å².